The molecule has 3 rings (SSSR count). The maximum atomic E-state index is 12.9. The third-order valence-corrected chi connectivity index (χ3v) is 5.00. The molecular weight excluding hydrogens is 341 g/mol. The highest BCUT2D eigenvalue weighted by atomic mass is 32.1. The van der Waals surface area contributed by atoms with Gasteiger partial charge in [0.1, 0.15) is 26.8 Å². The zero-order valence-electron chi connectivity index (χ0n) is 12.8. The number of aryl methyl sites for hydroxylation is 1. The molecule has 0 bridgehead atoms. The lowest BCUT2D eigenvalue weighted by atomic mass is 10.1. The van der Waals surface area contributed by atoms with Gasteiger partial charge in [-0.05, 0) is 19.8 Å². The molecule has 2 N–H and O–H groups in total. The van der Waals surface area contributed by atoms with Crippen molar-refractivity contribution in [2.45, 2.75) is 31.4 Å². The van der Waals surface area contributed by atoms with Crippen LogP contribution in [-0.2, 0) is 11.6 Å². The molecule has 6 nitrogen and oxygen atoms in total. The minimum atomic E-state index is -4.53. The van der Waals surface area contributed by atoms with E-state index in [9.17, 15) is 18.4 Å². The Balaban J connectivity index is 1.88. The molecule has 126 valence electrons. The number of anilines is 3. The summed E-state index contributed by atoms with van der Waals surface area (Å²) in [6.07, 6.45) is -2.25. The molecule has 1 aliphatic carbocycles. The van der Waals surface area contributed by atoms with Gasteiger partial charge in [0.05, 0.1) is 11.8 Å². The van der Waals surface area contributed by atoms with Gasteiger partial charge in [0.2, 0.25) is 5.95 Å². The molecule has 10 heteroatoms. The molecule has 0 spiro atoms. The van der Waals surface area contributed by atoms with Crippen LogP contribution in [0.5, 0.6) is 0 Å². The summed E-state index contributed by atoms with van der Waals surface area (Å²) in [5.74, 6) is -0.273. The summed E-state index contributed by atoms with van der Waals surface area (Å²) in [6, 6.07) is 2.27. The number of rotatable bonds is 4. The first-order valence-corrected chi connectivity index (χ1v) is 7.89. The molecular formula is C14H13F3N6S. The fraction of sp³-hybridized carbons (Fsp3) is 0.429. The lowest BCUT2D eigenvalue weighted by molar-refractivity contribution is -0.137. The molecule has 0 saturated heterocycles. The van der Waals surface area contributed by atoms with Crippen LogP contribution in [0.4, 0.5) is 29.9 Å². The summed E-state index contributed by atoms with van der Waals surface area (Å²) < 4.78 is 38.6. The van der Waals surface area contributed by atoms with Gasteiger partial charge in [-0.3, -0.25) is 0 Å². The smallest absolute Gasteiger partial charge is 0.372 e. The van der Waals surface area contributed by atoms with E-state index in [4.69, 9.17) is 0 Å². The first-order chi connectivity index (χ1) is 11.3. The number of hydrogen-bond donors (Lipinski definition) is 2. The van der Waals surface area contributed by atoms with Crippen molar-refractivity contribution in [3.05, 3.63) is 22.5 Å². The molecule has 0 aromatic carbocycles. The molecule has 1 aliphatic rings. The van der Waals surface area contributed by atoms with E-state index in [0.717, 1.165) is 19.0 Å². The second kappa shape index (κ2) is 5.59. The van der Waals surface area contributed by atoms with Crippen molar-refractivity contribution in [1.29, 1.82) is 5.26 Å². The largest absolute Gasteiger partial charge is 0.421 e. The van der Waals surface area contributed by atoms with Crippen LogP contribution in [0.15, 0.2) is 6.20 Å². The second-order valence-electron chi connectivity index (χ2n) is 5.46. The molecule has 1 fully saturated rings. The van der Waals surface area contributed by atoms with Crippen LogP contribution in [-0.4, -0.2) is 22.0 Å². The number of nitriles is 1. The van der Waals surface area contributed by atoms with E-state index in [1.165, 1.54) is 18.4 Å². The monoisotopic (exact) mass is 354 g/mol. The van der Waals surface area contributed by atoms with Crippen LogP contribution in [0.3, 0.4) is 0 Å². The molecule has 2 aromatic heterocycles. The molecule has 0 atom stereocenters. The number of halogens is 3. The molecule has 0 aliphatic heterocycles. The number of aromatic nitrogens is 3. The quantitative estimate of drug-likeness (QED) is 0.872. The average molecular weight is 354 g/mol. The zero-order valence-corrected chi connectivity index (χ0v) is 13.6. The second-order valence-corrected chi connectivity index (χ2v) is 6.46. The van der Waals surface area contributed by atoms with Crippen LogP contribution < -0.4 is 10.6 Å². The van der Waals surface area contributed by atoms with Gasteiger partial charge in [-0.15, -0.1) is 0 Å². The van der Waals surface area contributed by atoms with Gasteiger partial charge < -0.3 is 10.6 Å². The fourth-order valence-corrected chi connectivity index (χ4v) is 3.31. The van der Waals surface area contributed by atoms with Crippen LogP contribution >= 0.6 is 11.3 Å². The number of nitrogens with zero attached hydrogens (tertiary/aromatic N) is 4. The molecule has 24 heavy (non-hydrogen) atoms. The number of alkyl halides is 3. The fourth-order valence-electron chi connectivity index (χ4n) is 2.16. The van der Waals surface area contributed by atoms with E-state index in [-0.39, 0.29) is 11.8 Å². The Morgan fingerprint density at radius 2 is 2.04 bits per heavy atom. The van der Waals surface area contributed by atoms with E-state index in [2.05, 4.69) is 31.7 Å². The lowest BCUT2D eigenvalue weighted by Gasteiger charge is -2.12. The third kappa shape index (κ3) is 2.87. The van der Waals surface area contributed by atoms with E-state index < -0.39 is 17.2 Å². The Hall–Kier alpha value is -2.41. The van der Waals surface area contributed by atoms with Crippen molar-refractivity contribution in [2.75, 3.05) is 17.7 Å². The Morgan fingerprint density at radius 3 is 2.58 bits per heavy atom. The van der Waals surface area contributed by atoms with E-state index in [1.54, 1.807) is 6.92 Å². The van der Waals surface area contributed by atoms with Crippen molar-refractivity contribution in [2.24, 2.45) is 0 Å². The Kier molecular flexibility index (Phi) is 3.83. The van der Waals surface area contributed by atoms with Gasteiger partial charge in [-0.1, -0.05) is 11.3 Å². The Labute approximate surface area is 139 Å². The number of thiazole rings is 1. The maximum Gasteiger partial charge on any atom is 0.421 e. The maximum absolute atomic E-state index is 12.9. The van der Waals surface area contributed by atoms with Gasteiger partial charge in [-0.2, -0.15) is 23.4 Å². The van der Waals surface area contributed by atoms with E-state index in [1.807, 2.05) is 0 Å². The summed E-state index contributed by atoms with van der Waals surface area (Å²) in [5, 5.41) is 15.9. The van der Waals surface area contributed by atoms with Crippen molar-refractivity contribution >= 4 is 28.1 Å². The predicted octanol–water partition coefficient (Wildman–Crippen LogP) is 3.60. The molecule has 1 saturated carbocycles. The highest BCUT2D eigenvalue weighted by Crippen LogP contribution is 2.50. The Morgan fingerprint density at radius 1 is 1.33 bits per heavy atom. The van der Waals surface area contributed by atoms with E-state index >= 15 is 0 Å². The van der Waals surface area contributed by atoms with E-state index in [0.29, 0.717) is 15.7 Å². The minimum absolute atomic E-state index is 0.0347. The van der Waals surface area contributed by atoms with Crippen LogP contribution in [0.1, 0.15) is 29.1 Å². The minimum Gasteiger partial charge on any atom is -0.372 e. The average Bonchev–Trinajstić information content (AvgIpc) is 3.25. The Bertz CT molecular complexity index is 819. The summed E-state index contributed by atoms with van der Waals surface area (Å²) >= 11 is 1.30. The van der Waals surface area contributed by atoms with Gasteiger partial charge >= 0.3 is 6.18 Å². The third-order valence-electron chi connectivity index (χ3n) is 3.73. The molecule has 2 heterocycles. The lowest BCUT2D eigenvalue weighted by Crippen LogP contribution is -2.12. The number of hydrogen-bond acceptors (Lipinski definition) is 7. The van der Waals surface area contributed by atoms with Gasteiger partial charge in [0.25, 0.3) is 0 Å². The van der Waals surface area contributed by atoms with Crippen molar-refractivity contribution in [3.8, 4) is 6.07 Å². The normalized spacial score (nSPS) is 15.7. The molecule has 2 aromatic rings. The molecule has 0 unspecified atom stereocenters. The highest BCUT2D eigenvalue weighted by Gasteiger charge is 2.48. The van der Waals surface area contributed by atoms with Crippen molar-refractivity contribution in [3.63, 3.8) is 0 Å². The van der Waals surface area contributed by atoms with Crippen molar-refractivity contribution in [1.82, 2.24) is 15.0 Å². The van der Waals surface area contributed by atoms with Gasteiger partial charge in [0.15, 0.2) is 0 Å². The highest BCUT2D eigenvalue weighted by molar-refractivity contribution is 7.16. The predicted molar refractivity (Wildman–Crippen MR) is 83.2 cm³/mol. The van der Waals surface area contributed by atoms with Crippen molar-refractivity contribution < 1.29 is 13.2 Å². The summed E-state index contributed by atoms with van der Waals surface area (Å²) in [4.78, 5) is 12.0. The topological polar surface area (TPSA) is 86.5 Å². The van der Waals surface area contributed by atoms with Gasteiger partial charge in [0, 0.05) is 13.2 Å². The molecule has 0 amide bonds. The molecule has 0 radical (unpaired) electrons. The SMILES string of the molecule is CNc1nc(Nc2sc(C3(C#N)CC3)nc2C)ncc1C(F)(F)F. The van der Waals surface area contributed by atoms with Crippen LogP contribution in [0.2, 0.25) is 0 Å². The standard InChI is InChI=1S/C14H13F3N6S/c1-7-10(24-11(21-7)13(6-18)3-4-13)23-12-20-5-8(14(15,16)17)9(19-2)22-12/h5H,3-4H2,1-2H3,(H2,19,20,22,23). The van der Waals surface area contributed by atoms with Crippen LogP contribution in [0.25, 0.3) is 0 Å². The zero-order chi connectivity index (χ0) is 17.5. The first-order valence-electron chi connectivity index (χ1n) is 7.07. The van der Waals surface area contributed by atoms with Gasteiger partial charge in [-0.25, -0.2) is 9.97 Å². The van der Waals surface area contributed by atoms with Crippen LogP contribution in [0, 0.1) is 18.3 Å². The summed E-state index contributed by atoms with van der Waals surface area (Å²) in [7, 11) is 1.36. The summed E-state index contributed by atoms with van der Waals surface area (Å²) in [5.41, 5.74) is -0.781. The number of nitrogens with one attached hydrogen (secondary N) is 2. The first kappa shape index (κ1) is 16.4. The summed E-state index contributed by atoms with van der Waals surface area (Å²) in [6.45, 7) is 1.76.